The zero-order valence-electron chi connectivity index (χ0n) is 17.5. The van der Waals surface area contributed by atoms with E-state index in [2.05, 4.69) is 15.1 Å². The lowest BCUT2D eigenvalue weighted by atomic mass is 10.1. The fraction of sp³-hybridized carbons (Fsp3) is 0.400. The van der Waals surface area contributed by atoms with E-state index < -0.39 is 15.9 Å². The smallest absolute Gasteiger partial charge is 0.266 e. The lowest BCUT2D eigenvalue weighted by molar-refractivity contribution is -0.125. The van der Waals surface area contributed by atoms with Crippen molar-refractivity contribution in [2.45, 2.75) is 52.4 Å². The highest BCUT2D eigenvalue weighted by Gasteiger charge is 2.28. The van der Waals surface area contributed by atoms with E-state index in [-0.39, 0.29) is 11.3 Å². The van der Waals surface area contributed by atoms with Gasteiger partial charge in [0.2, 0.25) is 5.91 Å². The summed E-state index contributed by atoms with van der Waals surface area (Å²) >= 11 is 0. The molecule has 0 bridgehead atoms. The van der Waals surface area contributed by atoms with Crippen molar-refractivity contribution in [3.63, 3.8) is 0 Å². The van der Waals surface area contributed by atoms with Crippen LogP contribution in [0.4, 0.5) is 0 Å². The Hall–Kier alpha value is -2.81. The lowest BCUT2D eigenvalue weighted by Gasteiger charge is -2.21. The van der Waals surface area contributed by atoms with Gasteiger partial charge in [-0.3, -0.25) is 4.79 Å². The molecule has 3 aromatic rings. The average Bonchev–Trinajstić information content (AvgIpc) is 3.07. The largest absolute Gasteiger partial charge is 0.274 e. The number of aryl methyl sites for hydroxylation is 5. The Kier molecular flexibility index (Phi) is 5.44. The molecule has 2 aromatic heterocycles. The molecule has 0 spiro atoms. The third-order valence-electron chi connectivity index (χ3n) is 5.15. The quantitative estimate of drug-likeness (QED) is 0.635. The van der Waals surface area contributed by atoms with Gasteiger partial charge >= 0.3 is 0 Å². The number of carbonyl (C=O) groups is 1. The molecule has 0 radical (unpaired) electrons. The van der Waals surface area contributed by atoms with Crippen molar-refractivity contribution >= 4 is 21.7 Å². The van der Waals surface area contributed by atoms with Crippen LogP contribution in [-0.4, -0.2) is 45.3 Å². The van der Waals surface area contributed by atoms with Crippen LogP contribution in [-0.2, 0) is 21.2 Å². The Morgan fingerprint density at radius 3 is 2.34 bits per heavy atom. The second-order valence-corrected chi connectivity index (χ2v) is 9.23. The van der Waals surface area contributed by atoms with E-state index in [4.69, 9.17) is 0 Å². The Morgan fingerprint density at radius 1 is 1.10 bits per heavy atom. The van der Waals surface area contributed by atoms with Crippen LogP contribution >= 0.6 is 0 Å². The molecule has 1 amide bonds. The summed E-state index contributed by atoms with van der Waals surface area (Å²) in [7, 11) is -2.61. The summed E-state index contributed by atoms with van der Waals surface area (Å²) in [5.41, 5.74) is 4.71. The van der Waals surface area contributed by atoms with Crippen molar-refractivity contribution in [1.82, 2.24) is 23.9 Å². The number of hydrogen-bond donors (Lipinski definition) is 0. The number of fused-ring (bicyclic) bond motifs is 1. The first-order valence-corrected chi connectivity index (χ1v) is 10.7. The van der Waals surface area contributed by atoms with Crippen LogP contribution < -0.4 is 0 Å². The number of nitrogens with zero attached hydrogens (tertiary/aromatic N) is 5. The molecule has 0 aliphatic heterocycles. The van der Waals surface area contributed by atoms with E-state index in [1.165, 1.54) is 13.4 Å². The predicted octanol–water partition coefficient (Wildman–Crippen LogP) is 2.45. The van der Waals surface area contributed by atoms with Gasteiger partial charge in [-0.05, 0) is 57.7 Å². The second kappa shape index (κ2) is 7.55. The number of carbonyl (C=O) groups excluding carboxylic acids is 1. The van der Waals surface area contributed by atoms with E-state index >= 15 is 0 Å². The topological polar surface area (TPSA) is 97.5 Å². The molecule has 2 heterocycles. The van der Waals surface area contributed by atoms with Crippen LogP contribution in [0, 0.1) is 34.6 Å². The van der Waals surface area contributed by atoms with Crippen molar-refractivity contribution < 1.29 is 13.2 Å². The summed E-state index contributed by atoms with van der Waals surface area (Å²) in [4.78, 5) is 21.4. The number of rotatable bonds is 5. The molecule has 0 fully saturated rings. The van der Waals surface area contributed by atoms with Crippen molar-refractivity contribution in [1.29, 1.82) is 0 Å². The van der Waals surface area contributed by atoms with E-state index in [1.54, 1.807) is 18.4 Å². The van der Waals surface area contributed by atoms with Crippen molar-refractivity contribution in [3.05, 3.63) is 52.1 Å². The van der Waals surface area contributed by atoms with Gasteiger partial charge in [0.05, 0.1) is 4.90 Å². The molecule has 9 heteroatoms. The fourth-order valence-corrected chi connectivity index (χ4v) is 5.32. The fourth-order valence-electron chi connectivity index (χ4n) is 3.75. The zero-order chi connectivity index (χ0) is 21.5. The van der Waals surface area contributed by atoms with Gasteiger partial charge in [-0.25, -0.2) is 22.2 Å². The second-order valence-electron chi connectivity index (χ2n) is 7.33. The average molecular weight is 416 g/mol. The van der Waals surface area contributed by atoms with E-state index in [0.29, 0.717) is 23.3 Å². The summed E-state index contributed by atoms with van der Waals surface area (Å²) in [5, 5.41) is 4.14. The lowest BCUT2D eigenvalue weighted by Crippen LogP contribution is -2.34. The van der Waals surface area contributed by atoms with Gasteiger partial charge < -0.3 is 0 Å². The van der Waals surface area contributed by atoms with Crippen LogP contribution in [0.5, 0.6) is 0 Å². The highest BCUT2D eigenvalue weighted by Crippen LogP contribution is 2.25. The molecule has 154 valence electrons. The number of hydrogen-bond acceptors (Lipinski definition) is 6. The molecule has 0 atom stereocenters. The molecular formula is C20H25N5O3S. The minimum absolute atomic E-state index is 0.0449. The summed E-state index contributed by atoms with van der Waals surface area (Å²) in [6.07, 6.45) is 1.84. The van der Waals surface area contributed by atoms with Crippen molar-refractivity contribution in [3.8, 4) is 0 Å². The van der Waals surface area contributed by atoms with Crippen LogP contribution in [0.1, 0.15) is 40.1 Å². The van der Waals surface area contributed by atoms with Gasteiger partial charge in [0.25, 0.3) is 15.8 Å². The van der Waals surface area contributed by atoms with Crippen LogP contribution in [0.3, 0.4) is 0 Å². The first-order valence-electron chi connectivity index (χ1n) is 9.29. The molecule has 0 saturated heterocycles. The molecular weight excluding hydrogens is 390 g/mol. The normalized spacial score (nSPS) is 11.8. The Bertz CT molecular complexity index is 1190. The minimum Gasteiger partial charge on any atom is -0.274 e. The first kappa shape index (κ1) is 20.9. The molecule has 0 aliphatic rings. The van der Waals surface area contributed by atoms with Crippen molar-refractivity contribution in [2.24, 2.45) is 0 Å². The van der Waals surface area contributed by atoms with Gasteiger partial charge in [-0.2, -0.15) is 10.1 Å². The van der Waals surface area contributed by atoms with Gasteiger partial charge in [0.15, 0.2) is 0 Å². The van der Waals surface area contributed by atoms with Gasteiger partial charge in [0.1, 0.15) is 6.33 Å². The molecule has 8 nitrogen and oxygen atoms in total. The maximum atomic E-state index is 13.1. The summed E-state index contributed by atoms with van der Waals surface area (Å²) in [6, 6.07) is 3.62. The zero-order valence-corrected chi connectivity index (χ0v) is 18.3. The van der Waals surface area contributed by atoms with E-state index in [1.807, 2.05) is 32.9 Å². The minimum atomic E-state index is -3.93. The van der Waals surface area contributed by atoms with Crippen LogP contribution in [0.2, 0.25) is 0 Å². The Morgan fingerprint density at radius 2 is 1.72 bits per heavy atom. The highest BCUT2D eigenvalue weighted by atomic mass is 32.2. The number of amides is 1. The number of aromatic nitrogens is 4. The molecule has 3 rings (SSSR count). The monoisotopic (exact) mass is 415 g/mol. The van der Waals surface area contributed by atoms with Gasteiger partial charge in [-0.15, -0.1) is 0 Å². The van der Waals surface area contributed by atoms with Crippen molar-refractivity contribution in [2.75, 3.05) is 7.05 Å². The van der Waals surface area contributed by atoms with E-state index in [0.717, 1.165) is 26.8 Å². The van der Waals surface area contributed by atoms with Gasteiger partial charge in [0, 0.05) is 24.9 Å². The number of benzene rings is 1. The summed E-state index contributed by atoms with van der Waals surface area (Å²) in [6.45, 7) is 9.14. The third-order valence-corrected chi connectivity index (χ3v) is 7.24. The molecule has 1 aromatic carbocycles. The predicted molar refractivity (Wildman–Crippen MR) is 109 cm³/mol. The Balaban J connectivity index is 1.85. The van der Waals surface area contributed by atoms with Crippen LogP contribution in [0.25, 0.3) is 5.78 Å². The molecule has 0 N–H and O–H groups in total. The van der Waals surface area contributed by atoms with E-state index in [9.17, 15) is 13.2 Å². The SMILES string of the molecule is Cc1cc(C)c(S(=O)(=O)N(C)C(=O)CCc2c(C)nc3ncnn3c2C)c(C)c1. The summed E-state index contributed by atoms with van der Waals surface area (Å²) < 4.78 is 28.6. The summed E-state index contributed by atoms with van der Waals surface area (Å²) in [5.74, 6) is 0.0296. The molecule has 0 unspecified atom stereocenters. The molecule has 0 aliphatic carbocycles. The maximum Gasteiger partial charge on any atom is 0.266 e. The number of sulfonamides is 1. The van der Waals surface area contributed by atoms with Gasteiger partial charge in [-0.1, -0.05) is 17.7 Å². The molecule has 29 heavy (non-hydrogen) atoms. The Labute approximate surface area is 170 Å². The highest BCUT2D eigenvalue weighted by molar-refractivity contribution is 7.89. The third kappa shape index (κ3) is 3.74. The maximum absolute atomic E-state index is 13.1. The van der Waals surface area contributed by atoms with Crippen LogP contribution in [0.15, 0.2) is 23.4 Å². The molecule has 0 saturated carbocycles. The standard InChI is InChI=1S/C20H25N5O3S/c1-12-9-13(2)19(14(3)10-12)29(27,28)24(6)18(26)8-7-17-15(4)23-20-21-11-22-25(20)16(17)5/h9-11H,7-8H2,1-6H3. The first-order chi connectivity index (χ1) is 13.5.